The van der Waals surface area contributed by atoms with Gasteiger partial charge >= 0.3 is 0 Å². The van der Waals surface area contributed by atoms with Crippen molar-refractivity contribution in [3.05, 3.63) is 191 Å². The summed E-state index contributed by atoms with van der Waals surface area (Å²) in [5.74, 6) is 0. The van der Waals surface area contributed by atoms with E-state index in [9.17, 15) is 0 Å². The van der Waals surface area contributed by atoms with E-state index in [-0.39, 0.29) is 0 Å². The van der Waals surface area contributed by atoms with Crippen molar-refractivity contribution in [2.75, 3.05) is 15.1 Å². The number of benzene rings is 7. The maximum absolute atomic E-state index is 3.89. The van der Waals surface area contributed by atoms with Gasteiger partial charge in [-0.05, 0) is 126 Å². The maximum Gasteiger partial charge on any atom is 0.0503 e. The highest BCUT2D eigenvalue weighted by molar-refractivity contribution is 5.89. The maximum atomic E-state index is 3.89. The molecule has 3 heteroatoms. The van der Waals surface area contributed by atoms with Crippen LogP contribution < -0.4 is 15.1 Å². The summed E-state index contributed by atoms with van der Waals surface area (Å²) < 4.78 is 0. The van der Waals surface area contributed by atoms with Crippen molar-refractivity contribution >= 4 is 45.5 Å². The van der Waals surface area contributed by atoms with Crippen LogP contribution in [0.25, 0.3) is 11.1 Å². The van der Waals surface area contributed by atoms with Gasteiger partial charge < -0.3 is 15.1 Å². The first-order valence-corrected chi connectivity index (χ1v) is 17.7. The third-order valence-corrected chi connectivity index (χ3v) is 9.40. The van der Waals surface area contributed by atoms with Crippen LogP contribution in [0.3, 0.4) is 0 Å². The lowest BCUT2D eigenvalue weighted by Crippen LogP contribution is -2.14. The minimum absolute atomic E-state index is 0.994. The SMILES string of the molecule is Cc1ccc(-c2cc(C)ccc2Nc2cc(N(c3ccc(C)cc3)c3ccc(C)cc3)cc(N(c3ccc(C)cc3)c3ccc(C)cc3)c2)cc1. The molecule has 3 nitrogen and oxygen atoms in total. The van der Waals surface area contributed by atoms with Crippen LogP contribution in [-0.2, 0) is 0 Å². The lowest BCUT2D eigenvalue weighted by atomic mass is 10.00. The Kier molecular flexibility index (Phi) is 9.46. The predicted molar refractivity (Wildman–Crippen MR) is 219 cm³/mol. The summed E-state index contributed by atoms with van der Waals surface area (Å²) in [7, 11) is 0. The second kappa shape index (κ2) is 14.4. The first kappa shape index (κ1) is 33.4. The predicted octanol–water partition coefficient (Wildman–Crippen LogP) is 13.9. The molecule has 0 amide bonds. The fourth-order valence-corrected chi connectivity index (χ4v) is 6.49. The van der Waals surface area contributed by atoms with Crippen LogP contribution in [0, 0.1) is 41.5 Å². The average Bonchev–Trinajstić information content (AvgIpc) is 3.13. The lowest BCUT2D eigenvalue weighted by Gasteiger charge is -2.30. The molecule has 51 heavy (non-hydrogen) atoms. The fraction of sp³-hybridized carbons (Fsp3) is 0.125. The number of hydrogen-bond donors (Lipinski definition) is 1. The number of nitrogens with one attached hydrogen (secondary N) is 1. The van der Waals surface area contributed by atoms with Crippen LogP contribution in [-0.4, -0.2) is 0 Å². The van der Waals surface area contributed by atoms with Crippen molar-refractivity contribution in [1.82, 2.24) is 0 Å². The van der Waals surface area contributed by atoms with Gasteiger partial charge in [-0.3, -0.25) is 0 Å². The zero-order valence-corrected chi connectivity index (χ0v) is 30.4. The monoisotopic (exact) mass is 663 g/mol. The zero-order chi connectivity index (χ0) is 35.5. The van der Waals surface area contributed by atoms with Crippen molar-refractivity contribution in [3.63, 3.8) is 0 Å². The van der Waals surface area contributed by atoms with E-state index in [1.54, 1.807) is 0 Å². The molecule has 0 bridgehead atoms. The Balaban J connectivity index is 1.46. The summed E-state index contributed by atoms with van der Waals surface area (Å²) in [6.45, 7) is 12.8. The van der Waals surface area contributed by atoms with E-state index in [2.05, 4.69) is 214 Å². The smallest absolute Gasteiger partial charge is 0.0503 e. The van der Waals surface area contributed by atoms with E-state index in [0.29, 0.717) is 0 Å². The molecule has 0 aliphatic carbocycles. The second-order valence-electron chi connectivity index (χ2n) is 13.8. The minimum Gasteiger partial charge on any atom is -0.355 e. The molecule has 0 radical (unpaired) electrons. The van der Waals surface area contributed by atoms with Crippen LogP contribution in [0.5, 0.6) is 0 Å². The summed E-state index contributed by atoms with van der Waals surface area (Å²) >= 11 is 0. The van der Waals surface area contributed by atoms with E-state index in [1.165, 1.54) is 44.5 Å². The molecule has 0 spiro atoms. The standard InChI is InChI=1S/C48H45N3/c1-33-7-18-39(19-8-33)47-29-38(6)17-28-48(47)49-40-30-45(50(41-20-9-34(2)10-21-41)42-22-11-35(3)12-23-42)32-46(31-40)51(43-24-13-36(4)14-25-43)44-26-15-37(5)16-27-44/h7-32,49H,1-6H3. The summed E-state index contributed by atoms with van der Waals surface area (Å²) in [5, 5.41) is 3.89. The van der Waals surface area contributed by atoms with Gasteiger partial charge in [-0.2, -0.15) is 0 Å². The van der Waals surface area contributed by atoms with Crippen molar-refractivity contribution in [1.29, 1.82) is 0 Å². The Hall–Kier alpha value is -6.06. The number of aryl methyl sites for hydroxylation is 6. The van der Waals surface area contributed by atoms with Crippen LogP contribution in [0.4, 0.5) is 45.5 Å². The minimum atomic E-state index is 0.994. The van der Waals surface area contributed by atoms with Gasteiger partial charge in [0.2, 0.25) is 0 Å². The van der Waals surface area contributed by atoms with Crippen LogP contribution in [0.15, 0.2) is 158 Å². The third kappa shape index (κ3) is 7.59. The molecule has 0 unspecified atom stereocenters. The van der Waals surface area contributed by atoms with Crippen LogP contribution >= 0.6 is 0 Å². The molecule has 7 rings (SSSR count). The highest BCUT2D eigenvalue weighted by Gasteiger charge is 2.20. The summed E-state index contributed by atoms with van der Waals surface area (Å²) in [6, 6.07) is 57.5. The average molecular weight is 664 g/mol. The van der Waals surface area contributed by atoms with Gasteiger partial charge in [-0.15, -0.1) is 0 Å². The number of anilines is 8. The lowest BCUT2D eigenvalue weighted by molar-refractivity contribution is 1.24. The molecule has 7 aromatic carbocycles. The molecular formula is C48H45N3. The Labute approximate surface area is 303 Å². The van der Waals surface area contributed by atoms with Gasteiger partial charge in [-0.1, -0.05) is 112 Å². The molecule has 0 saturated carbocycles. The number of rotatable bonds is 9. The molecule has 0 aliphatic heterocycles. The molecule has 0 aromatic heterocycles. The summed E-state index contributed by atoms with van der Waals surface area (Å²) in [6.07, 6.45) is 0. The Morgan fingerprint density at radius 1 is 0.314 bits per heavy atom. The van der Waals surface area contributed by atoms with Crippen molar-refractivity contribution in [2.45, 2.75) is 41.5 Å². The molecular weight excluding hydrogens is 619 g/mol. The Morgan fingerprint density at radius 2 is 0.647 bits per heavy atom. The Bertz CT molecular complexity index is 2040. The first-order chi connectivity index (χ1) is 24.7. The van der Waals surface area contributed by atoms with Gasteiger partial charge in [0.05, 0.1) is 11.4 Å². The van der Waals surface area contributed by atoms with Crippen LogP contribution in [0.1, 0.15) is 33.4 Å². The van der Waals surface area contributed by atoms with E-state index in [1.807, 2.05) is 0 Å². The van der Waals surface area contributed by atoms with Gasteiger partial charge in [0, 0.05) is 39.7 Å². The molecule has 0 saturated heterocycles. The molecule has 0 atom stereocenters. The first-order valence-electron chi connectivity index (χ1n) is 17.7. The summed E-state index contributed by atoms with van der Waals surface area (Å²) in [4.78, 5) is 4.71. The number of nitrogens with zero attached hydrogens (tertiary/aromatic N) is 2. The van der Waals surface area contributed by atoms with E-state index < -0.39 is 0 Å². The summed E-state index contributed by atoms with van der Waals surface area (Å²) in [5.41, 5.74) is 18.3. The second-order valence-corrected chi connectivity index (χ2v) is 13.8. The molecule has 0 aliphatic rings. The highest BCUT2D eigenvalue weighted by Crippen LogP contribution is 2.43. The van der Waals surface area contributed by atoms with Crippen molar-refractivity contribution in [3.8, 4) is 11.1 Å². The molecule has 252 valence electrons. The molecule has 1 N–H and O–H groups in total. The zero-order valence-electron chi connectivity index (χ0n) is 30.4. The third-order valence-electron chi connectivity index (χ3n) is 9.40. The van der Waals surface area contributed by atoms with E-state index in [0.717, 1.165) is 45.5 Å². The van der Waals surface area contributed by atoms with Crippen molar-refractivity contribution < 1.29 is 0 Å². The largest absolute Gasteiger partial charge is 0.355 e. The Morgan fingerprint density at radius 3 is 1.02 bits per heavy atom. The van der Waals surface area contributed by atoms with E-state index in [4.69, 9.17) is 0 Å². The van der Waals surface area contributed by atoms with Crippen molar-refractivity contribution in [2.24, 2.45) is 0 Å². The normalized spacial score (nSPS) is 10.9. The van der Waals surface area contributed by atoms with Crippen LogP contribution in [0.2, 0.25) is 0 Å². The topological polar surface area (TPSA) is 18.5 Å². The molecule has 0 fully saturated rings. The van der Waals surface area contributed by atoms with Gasteiger partial charge in [0.15, 0.2) is 0 Å². The fourth-order valence-electron chi connectivity index (χ4n) is 6.49. The van der Waals surface area contributed by atoms with Gasteiger partial charge in [-0.25, -0.2) is 0 Å². The molecule has 0 heterocycles. The quantitative estimate of drug-likeness (QED) is 0.166. The van der Waals surface area contributed by atoms with E-state index >= 15 is 0 Å². The van der Waals surface area contributed by atoms with Gasteiger partial charge in [0.25, 0.3) is 0 Å². The molecule has 7 aromatic rings. The van der Waals surface area contributed by atoms with Gasteiger partial charge in [0.1, 0.15) is 0 Å². The number of hydrogen-bond acceptors (Lipinski definition) is 3. The highest BCUT2D eigenvalue weighted by atomic mass is 15.2.